The molecule has 1 rings (SSSR count). The summed E-state index contributed by atoms with van der Waals surface area (Å²) < 4.78 is 0. The van der Waals surface area contributed by atoms with Gasteiger partial charge >= 0.3 is 0 Å². The average molecular weight is 171 g/mol. The van der Waals surface area contributed by atoms with E-state index in [4.69, 9.17) is 16.4 Å². The van der Waals surface area contributed by atoms with Gasteiger partial charge in [-0.3, -0.25) is 0 Å². The van der Waals surface area contributed by atoms with Crippen molar-refractivity contribution in [3.8, 4) is 0 Å². The minimum absolute atomic E-state index is 0.848. The lowest BCUT2D eigenvalue weighted by atomic mass is 10.2. The van der Waals surface area contributed by atoms with Crippen LogP contribution in [0.2, 0.25) is 5.02 Å². The Morgan fingerprint density at radius 2 is 1.82 bits per heavy atom. The molecule has 0 amide bonds. The van der Waals surface area contributed by atoms with Crippen molar-refractivity contribution in [2.24, 2.45) is 0 Å². The lowest BCUT2D eigenvalue weighted by Crippen LogP contribution is -1.75. The van der Waals surface area contributed by atoms with Gasteiger partial charge in [-0.15, -0.1) is 0 Å². The molecule has 1 nitrogen and oxygen atoms in total. The van der Waals surface area contributed by atoms with Gasteiger partial charge in [0.1, 0.15) is 6.79 Å². The number of hydrogen-bond acceptors (Lipinski definition) is 1. The van der Waals surface area contributed by atoms with Crippen molar-refractivity contribution < 1.29 is 4.79 Å². The monoisotopic (exact) mass is 170 g/mol. The van der Waals surface area contributed by atoms with E-state index >= 15 is 0 Å². The smallest absolute Gasteiger partial charge is 0.106 e. The Kier molecular flexibility index (Phi) is 4.55. The summed E-state index contributed by atoms with van der Waals surface area (Å²) in [4.78, 5) is 8.00. The first kappa shape index (κ1) is 10.2. The Morgan fingerprint density at radius 1 is 1.27 bits per heavy atom. The summed E-state index contributed by atoms with van der Waals surface area (Å²) >= 11 is 5.78. The lowest BCUT2D eigenvalue weighted by Gasteiger charge is -1.96. The number of rotatable bonds is 0. The highest BCUT2D eigenvalue weighted by atomic mass is 35.5. The molecule has 0 unspecified atom stereocenters. The van der Waals surface area contributed by atoms with Crippen LogP contribution in [0.25, 0.3) is 0 Å². The van der Waals surface area contributed by atoms with Gasteiger partial charge in [0.25, 0.3) is 0 Å². The van der Waals surface area contributed by atoms with Crippen molar-refractivity contribution in [2.45, 2.75) is 13.8 Å². The number of aryl methyl sites for hydroxylation is 2. The third kappa shape index (κ3) is 3.19. The van der Waals surface area contributed by atoms with E-state index in [1.54, 1.807) is 0 Å². The predicted octanol–water partition coefficient (Wildman–Crippen LogP) is 2.77. The highest BCUT2D eigenvalue weighted by Crippen LogP contribution is 2.14. The highest BCUT2D eigenvalue weighted by Gasteiger charge is 1.91. The Labute approximate surface area is 72.0 Å². The van der Waals surface area contributed by atoms with E-state index < -0.39 is 0 Å². The van der Waals surface area contributed by atoms with Crippen LogP contribution in [0.1, 0.15) is 11.1 Å². The molecular formula is C9H11ClO. The Bertz CT molecular complexity index is 233. The highest BCUT2D eigenvalue weighted by molar-refractivity contribution is 6.31. The predicted molar refractivity (Wildman–Crippen MR) is 48.0 cm³/mol. The van der Waals surface area contributed by atoms with Crippen LogP contribution in [0.4, 0.5) is 0 Å². The maximum atomic E-state index is 8.00. The van der Waals surface area contributed by atoms with Crippen LogP contribution < -0.4 is 0 Å². The fraction of sp³-hybridized carbons (Fsp3) is 0.222. The van der Waals surface area contributed by atoms with E-state index in [1.807, 2.05) is 25.8 Å². The van der Waals surface area contributed by atoms with E-state index in [0.717, 1.165) is 10.6 Å². The zero-order valence-electron chi connectivity index (χ0n) is 6.73. The van der Waals surface area contributed by atoms with Gasteiger partial charge in [-0.2, -0.15) is 0 Å². The Hall–Kier alpha value is -0.820. The first-order valence-electron chi connectivity index (χ1n) is 3.22. The second-order valence-electron chi connectivity index (χ2n) is 2.25. The Balaban J connectivity index is 0.000000461. The van der Waals surface area contributed by atoms with Crippen LogP contribution in [0.15, 0.2) is 18.2 Å². The van der Waals surface area contributed by atoms with Gasteiger partial charge in [0.2, 0.25) is 0 Å². The van der Waals surface area contributed by atoms with Gasteiger partial charge in [0.05, 0.1) is 0 Å². The Morgan fingerprint density at radius 3 is 2.18 bits per heavy atom. The quantitative estimate of drug-likeness (QED) is 0.585. The molecule has 1 aromatic carbocycles. The zero-order valence-corrected chi connectivity index (χ0v) is 7.48. The number of carbonyl (C=O) groups is 1. The van der Waals surface area contributed by atoms with Crippen molar-refractivity contribution in [3.05, 3.63) is 34.3 Å². The van der Waals surface area contributed by atoms with Crippen LogP contribution in [0.3, 0.4) is 0 Å². The van der Waals surface area contributed by atoms with Crippen LogP contribution >= 0.6 is 11.6 Å². The van der Waals surface area contributed by atoms with E-state index in [0.29, 0.717) is 0 Å². The third-order valence-corrected chi connectivity index (χ3v) is 1.74. The molecule has 11 heavy (non-hydrogen) atoms. The number of benzene rings is 1. The average Bonchev–Trinajstić information content (AvgIpc) is 2.02. The van der Waals surface area contributed by atoms with Crippen molar-refractivity contribution in [1.82, 2.24) is 0 Å². The van der Waals surface area contributed by atoms with Crippen LogP contribution in [-0.2, 0) is 4.79 Å². The molecule has 0 heterocycles. The molecular weight excluding hydrogens is 160 g/mol. The van der Waals surface area contributed by atoms with E-state index in [9.17, 15) is 0 Å². The molecule has 0 spiro atoms. The minimum Gasteiger partial charge on any atom is -0.307 e. The number of carbonyl (C=O) groups excluding carboxylic acids is 1. The summed E-state index contributed by atoms with van der Waals surface area (Å²) in [5.74, 6) is 0. The third-order valence-electron chi connectivity index (χ3n) is 1.31. The SMILES string of the molecule is C=O.Cc1ccc(Cl)c(C)c1. The fourth-order valence-corrected chi connectivity index (χ4v) is 0.912. The minimum atomic E-state index is 0.848. The molecule has 0 aliphatic rings. The lowest BCUT2D eigenvalue weighted by molar-refractivity contribution is -0.0979. The first-order valence-corrected chi connectivity index (χ1v) is 3.59. The molecule has 0 saturated carbocycles. The zero-order chi connectivity index (χ0) is 8.85. The molecule has 0 fully saturated rings. The molecule has 0 bridgehead atoms. The normalized spacial score (nSPS) is 8.27. The van der Waals surface area contributed by atoms with Gasteiger partial charge in [0.15, 0.2) is 0 Å². The topological polar surface area (TPSA) is 17.1 Å². The van der Waals surface area contributed by atoms with Crippen LogP contribution in [0.5, 0.6) is 0 Å². The summed E-state index contributed by atoms with van der Waals surface area (Å²) in [6, 6.07) is 6.00. The van der Waals surface area contributed by atoms with Crippen molar-refractivity contribution in [1.29, 1.82) is 0 Å². The van der Waals surface area contributed by atoms with Gasteiger partial charge in [0, 0.05) is 5.02 Å². The van der Waals surface area contributed by atoms with Crippen LogP contribution in [-0.4, -0.2) is 6.79 Å². The summed E-state index contributed by atoms with van der Waals surface area (Å²) in [6.45, 7) is 6.07. The molecule has 0 aromatic heterocycles. The van der Waals surface area contributed by atoms with E-state index in [2.05, 4.69) is 13.0 Å². The van der Waals surface area contributed by atoms with E-state index in [1.165, 1.54) is 5.56 Å². The fourth-order valence-electron chi connectivity index (χ4n) is 0.795. The summed E-state index contributed by atoms with van der Waals surface area (Å²) in [6.07, 6.45) is 0. The number of hydrogen-bond donors (Lipinski definition) is 0. The molecule has 2 heteroatoms. The largest absolute Gasteiger partial charge is 0.307 e. The van der Waals surface area contributed by atoms with Crippen molar-refractivity contribution >= 4 is 18.4 Å². The van der Waals surface area contributed by atoms with Gasteiger partial charge in [-0.05, 0) is 25.5 Å². The van der Waals surface area contributed by atoms with Gasteiger partial charge < -0.3 is 4.79 Å². The maximum Gasteiger partial charge on any atom is 0.106 e. The second kappa shape index (κ2) is 4.91. The van der Waals surface area contributed by atoms with Crippen LogP contribution in [0, 0.1) is 13.8 Å². The van der Waals surface area contributed by atoms with Gasteiger partial charge in [-0.1, -0.05) is 29.3 Å². The second-order valence-corrected chi connectivity index (χ2v) is 2.66. The molecule has 0 aliphatic heterocycles. The first-order chi connectivity index (χ1) is 5.20. The molecule has 0 saturated heterocycles. The summed E-state index contributed by atoms with van der Waals surface area (Å²) in [5, 5.41) is 0.848. The van der Waals surface area contributed by atoms with E-state index in [-0.39, 0.29) is 0 Å². The molecule has 0 N–H and O–H groups in total. The molecule has 0 aliphatic carbocycles. The standard InChI is InChI=1S/C8H9Cl.CH2O/c1-6-3-4-8(9)7(2)5-6;1-2/h3-5H,1-2H3;1H2. The summed E-state index contributed by atoms with van der Waals surface area (Å²) in [5.41, 5.74) is 2.41. The maximum absolute atomic E-state index is 8.00. The molecule has 60 valence electrons. The number of halogens is 1. The van der Waals surface area contributed by atoms with Crippen molar-refractivity contribution in [3.63, 3.8) is 0 Å². The van der Waals surface area contributed by atoms with Gasteiger partial charge in [-0.25, -0.2) is 0 Å². The molecule has 0 atom stereocenters. The molecule has 1 aromatic rings. The van der Waals surface area contributed by atoms with Crippen molar-refractivity contribution in [2.75, 3.05) is 0 Å². The molecule has 0 radical (unpaired) electrons. The summed E-state index contributed by atoms with van der Waals surface area (Å²) in [7, 11) is 0.